The zero-order valence-corrected chi connectivity index (χ0v) is 11.6. The predicted octanol–water partition coefficient (Wildman–Crippen LogP) is 3.32. The van der Waals surface area contributed by atoms with Crippen LogP contribution in [-0.2, 0) is 16.3 Å². The summed E-state index contributed by atoms with van der Waals surface area (Å²) < 4.78 is 11.3. The van der Waals surface area contributed by atoms with Crippen molar-refractivity contribution in [3.63, 3.8) is 0 Å². The number of para-hydroxylation sites is 1. The van der Waals surface area contributed by atoms with Crippen LogP contribution in [0.1, 0.15) is 20.8 Å². The van der Waals surface area contributed by atoms with E-state index in [2.05, 4.69) is 5.09 Å². The lowest BCUT2D eigenvalue weighted by molar-refractivity contribution is 0.319. The van der Waals surface area contributed by atoms with Gasteiger partial charge in [-0.3, -0.25) is 0 Å². The average molecular weight is 259 g/mol. The lowest BCUT2D eigenvalue weighted by Crippen LogP contribution is -2.23. The van der Waals surface area contributed by atoms with Crippen LogP contribution in [0.5, 0.6) is 5.75 Å². The molecule has 0 aliphatic carbocycles. The minimum absolute atomic E-state index is 0.237. The summed E-state index contributed by atoms with van der Waals surface area (Å²) in [5, 5.41) is 3.19. The molecule has 0 saturated carbocycles. The maximum Gasteiger partial charge on any atom is 0.313 e. The largest absolute Gasteiger partial charge is 0.433 e. The van der Waals surface area contributed by atoms with Crippen molar-refractivity contribution in [1.82, 2.24) is 5.09 Å². The van der Waals surface area contributed by atoms with E-state index < -0.39 is 6.64 Å². The standard InChI is InChI=1S/C11H18NO2PS/c1-4-13-15(16,12-10(2)3)14-11-8-6-5-7-9-11/h5-10H,4H2,1-3H3,(H,12,16). The van der Waals surface area contributed by atoms with Crippen molar-refractivity contribution in [2.45, 2.75) is 26.8 Å². The van der Waals surface area contributed by atoms with Crippen molar-refractivity contribution >= 4 is 18.4 Å². The molecule has 0 aromatic heterocycles. The van der Waals surface area contributed by atoms with Crippen LogP contribution in [0, 0.1) is 0 Å². The first-order valence-electron chi connectivity index (χ1n) is 5.33. The summed E-state index contributed by atoms with van der Waals surface area (Å²) in [6.45, 7) is 4.09. The van der Waals surface area contributed by atoms with Crippen molar-refractivity contribution < 1.29 is 9.05 Å². The van der Waals surface area contributed by atoms with Crippen LogP contribution in [0.15, 0.2) is 30.3 Å². The van der Waals surface area contributed by atoms with Gasteiger partial charge >= 0.3 is 6.64 Å². The van der Waals surface area contributed by atoms with E-state index in [0.29, 0.717) is 6.61 Å². The fourth-order valence-electron chi connectivity index (χ4n) is 1.20. The Balaban J connectivity index is 2.75. The smallest absolute Gasteiger partial charge is 0.313 e. The summed E-state index contributed by atoms with van der Waals surface area (Å²) >= 11 is 5.41. The third kappa shape index (κ3) is 4.62. The van der Waals surface area contributed by atoms with E-state index in [4.69, 9.17) is 20.9 Å². The second-order valence-corrected chi connectivity index (χ2v) is 6.74. The molecule has 0 amide bonds. The summed E-state index contributed by atoms with van der Waals surface area (Å²) in [7, 11) is 0. The molecule has 1 aromatic carbocycles. The van der Waals surface area contributed by atoms with E-state index in [-0.39, 0.29) is 6.04 Å². The van der Waals surface area contributed by atoms with Crippen LogP contribution < -0.4 is 9.61 Å². The zero-order valence-electron chi connectivity index (χ0n) is 9.84. The molecule has 3 nitrogen and oxygen atoms in total. The first-order chi connectivity index (χ1) is 7.56. The lowest BCUT2D eigenvalue weighted by Gasteiger charge is -2.24. The van der Waals surface area contributed by atoms with Gasteiger partial charge < -0.3 is 9.05 Å². The lowest BCUT2D eigenvalue weighted by atomic mass is 10.3. The molecule has 0 heterocycles. The van der Waals surface area contributed by atoms with Crippen LogP contribution in [-0.4, -0.2) is 12.6 Å². The Morgan fingerprint density at radius 3 is 2.44 bits per heavy atom. The molecule has 0 saturated heterocycles. The van der Waals surface area contributed by atoms with Gasteiger partial charge in [-0.15, -0.1) is 0 Å². The Morgan fingerprint density at radius 1 is 1.31 bits per heavy atom. The molecule has 0 bridgehead atoms. The Kier molecular flexibility index (Phi) is 5.42. The quantitative estimate of drug-likeness (QED) is 0.794. The molecule has 1 aromatic rings. The number of rotatable bonds is 6. The number of nitrogens with one attached hydrogen (secondary N) is 1. The van der Waals surface area contributed by atoms with Gasteiger partial charge in [0.2, 0.25) is 0 Å². The molecular weight excluding hydrogens is 241 g/mol. The summed E-state index contributed by atoms with van der Waals surface area (Å²) in [6, 6.07) is 9.75. The van der Waals surface area contributed by atoms with Crippen molar-refractivity contribution in [3.05, 3.63) is 30.3 Å². The van der Waals surface area contributed by atoms with Gasteiger partial charge in [-0.2, -0.15) is 0 Å². The Bertz CT molecular complexity index is 356. The Hall–Kier alpha value is -0.410. The third-order valence-electron chi connectivity index (χ3n) is 1.68. The molecular formula is C11H18NO2PS. The Morgan fingerprint density at radius 2 is 1.94 bits per heavy atom. The number of benzene rings is 1. The van der Waals surface area contributed by atoms with Crippen molar-refractivity contribution in [2.75, 3.05) is 6.61 Å². The van der Waals surface area contributed by atoms with Crippen molar-refractivity contribution in [3.8, 4) is 5.75 Å². The van der Waals surface area contributed by atoms with Crippen LogP contribution in [0.25, 0.3) is 0 Å². The van der Waals surface area contributed by atoms with Crippen LogP contribution in [0.3, 0.4) is 0 Å². The first kappa shape index (κ1) is 13.7. The minimum Gasteiger partial charge on any atom is -0.433 e. The molecule has 0 aliphatic rings. The molecule has 0 radical (unpaired) electrons. The van der Waals surface area contributed by atoms with Gasteiger partial charge in [0.1, 0.15) is 5.75 Å². The normalized spacial score (nSPS) is 14.8. The fraction of sp³-hybridized carbons (Fsp3) is 0.455. The van der Waals surface area contributed by atoms with E-state index in [1.165, 1.54) is 0 Å². The fourth-order valence-corrected chi connectivity index (χ4v) is 3.95. The Labute approximate surface area is 102 Å². The first-order valence-corrected chi connectivity index (χ1v) is 7.96. The second-order valence-electron chi connectivity index (χ2n) is 3.60. The van der Waals surface area contributed by atoms with Gasteiger partial charge in [0.05, 0.1) is 6.61 Å². The highest BCUT2D eigenvalue weighted by Crippen LogP contribution is 2.44. The van der Waals surface area contributed by atoms with Gasteiger partial charge in [0.15, 0.2) is 0 Å². The number of hydrogen-bond donors (Lipinski definition) is 1. The topological polar surface area (TPSA) is 30.5 Å². The van der Waals surface area contributed by atoms with Crippen LogP contribution >= 0.6 is 6.64 Å². The van der Waals surface area contributed by atoms with Gasteiger partial charge in [-0.05, 0) is 44.7 Å². The van der Waals surface area contributed by atoms with Gasteiger partial charge in [-0.1, -0.05) is 18.2 Å². The van der Waals surface area contributed by atoms with Gasteiger partial charge in [0.25, 0.3) is 0 Å². The summed E-state index contributed by atoms with van der Waals surface area (Å²) in [4.78, 5) is 0. The molecule has 90 valence electrons. The van der Waals surface area contributed by atoms with Gasteiger partial charge in [0, 0.05) is 6.04 Å². The van der Waals surface area contributed by atoms with Gasteiger partial charge in [-0.25, -0.2) is 5.09 Å². The second kappa shape index (κ2) is 6.36. The third-order valence-corrected chi connectivity index (χ3v) is 4.42. The average Bonchev–Trinajstić information content (AvgIpc) is 2.17. The molecule has 1 unspecified atom stereocenters. The monoisotopic (exact) mass is 259 g/mol. The van der Waals surface area contributed by atoms with E-state index >= 15 is 0 Å². The molecule has 0 aliphatic heterocycles. The van der Waals surface area contributed by atoms with Crippen LogP contribution in [0.4, 0.5) is 0 Å². The minimum atomic E-state index is -2.41. The predicted molar refractivity (Wildman–Crippen MR) is 71.3 cm³/mol. The summed E-state index contributed by atoms with van der Waals surface area (Å²) in [5.74, 6) is 0.743. The zero-order chi connectivity index (χ0) is 12.0. The van der Waals surface area contributed by atoms with E-state index in [0.717, 1.165) is 5.75 Å². The molecule has 1 rings (SSSR count). The van der Waals surface area contributed by atoms with E-state index in [1.54, 1.807) is 0 Å². The summed E-state index contributed by atoms with van der Waals surface area (Å²) in [6.07, 6.45) is 0. The van der Waals surface area contributed by atoms with E-state index in [1.807, 2.05) is 51.1 Å². The molecule has 5 heteroatoms. The highest BCUT2D eigenvalue weighted by atomic mass is 32.5. The maximum absolute atomic E-state index is 5.75. The van der Waals surface area contributed by atoms with Crippen molar-refractivity contribution in [2.24, 2.45) is 0 Å². The number of hydrogen-bond acceptors (Lipinski definition) is 3. The molecule has 16 heavy (non-hydrogen) atoms. The molecule has 0 spiro atoms. The van der Waals surface area contributed by atoms with Crippen LogP contribution in [0.2, 0.25) is 0 Å². The maximum atomic E-state index is 5.75. The highest BCUT2D eigenvalue weighted by Gasteiger charge is 2.20. The molecule has 1 atom stereocenters. The van der Waals surface area contributed by atoms with E-state index in [9.17, 15) is 0 Å². The summed E-state index contributed by atoms with van der Waals surface area (Å²) in [5.41, 5.74) is 0. The SMILES string of the molecule is CCOP(=S)(NC(C)C)Oc1ccccc1. The molecule has 1 N–H and O–H groups in total. The van der Waals surface area contributed by atoms with Crippen molar-refractivity contribution in [1.29, 1.82) is 0 Å². The highest BCUT2D eigenvalue weighted by molar-refractivity contribution is 8.09. The molecule has 0 fully saturated rings.